The van der Waals surface area contributed by atoms with E-state index < -0.39 is 0 Å². The molecular formula is C19H24N6O3. The molecule has 0 radical (unpaired) electrons. The van der Waals surface area contributed by atoms with Crippen LogP contribution in [0.2, 0.25) is 0 Å². The van der Waals surface area contributed by atoms with Gasteiger partial charge in [0.05, 0.1) is 18.8 Å². The fourth-order valence-electron chi connectivity index (χ4n) is 2.94. The average molecular weight is 384 g/mol. The van der Waals surface area contributed by atoms with Crippen LogP contribution in [0.25, 0.3) is 0 Å². The summed E-state index contributed by atoms with van der Waals surface area (Å²) in [5, 5.41) is 6.12. The van der Waals surface area contributed by atoms with Crippen LogP contribution in [-0.2, 0) is 11.3 Å². The number of ether oxygens (including phenoxy) is 1. The molecule has 9 nitrogen and oxygen atoms in total. The van der Waals surface area contributed by atoms with Crippen LogP contribution in [0.3, 0.4) is 0 Å². The predicted molar refractivity (Wildman–Crippen MR) is 103 cm³/mol. The zero-order chi connectivity index (χ0) is 19.8. The zero-order valence-electron chi connectivity index (χ0n) is 15.8. The summed E-state index contributed by atoms with van der Waals surface area (Å²) in [4.78, 5) is 38.4. The summed E-state index contributed by atoms with van der Waals surface area (Å²) in [6.45, 7) is 3.77. The van der Waals surface area contributed by atoms with Gasteiger partial charge in [0, 0.05) is 31.4 Å². The summed E-state index contributed by atoms with van der Waals surface area (Å²) in [6.07, 6.45) is 4.15. The van der Waals surface area contributed by atoms with Crippen LogP contribution in [0.5, 0.6) is 0 Å². The molecule has 0 aromatic carbocycles. The van der Waals surface area contributed by atoms with E-state index in [0.717, 1.165) is 5.69 Å². The van der Waals surface area contributed by atoms with Crippen molar-refractivity contribution >= 4 is 17.8 Å². The van der Waals surface area contributed by atoms with E-state index >= 15 is 0 Å². The molecule has 28 heavy (non-hydrogen) atoms. The van der Waals surface area contributed by atoms with Crippen LogP contribution in [0, 0.1) is 0 Å². The first-order valence-electron chi connectivity index (χ1n) is 9.34. The number of hydrogen-bond donors (Lipinski definition) is 2. The van der Waals surface area contributed by atoms with Gasteiger partial charge in [0.25, 0.3) is 5.91 Å². The number of carbonyl (C=O) groups excluding carboxylic acids is 2. The highest BCUT2D eigenvalue weighted by atomic mass is 16.6. The lowest BCUT2D eigenvalue weighted by Gasteiger charge is -2.31. The van der Waals surface area contributed by atoms with Crippen molar-refractivity contribution in [3.63, 3.8) is 0 Å². The second-order valence-corrected chi connectivity index (χ2v) is 6.40. The number of aromatic nitrogens is 3. The van der Waals surface area contributed by atoms with Crippen molar-refractivity contribution in [3.05, 3.63) is 48.2 Å². The number of anilines is 1. The molecule has 0 saturated carbocycles. The smallest absolute Gasteiger partial charge is 0.409 e. The average Bonchev–Trinajstić information content (AvgIpc) is 2.74. The van der Waals surface area contributed by atoms with Crippen molar-refractivity contribution in [2.24, 2.45) is 0 Å². The van der Waals surface area contributed by atoms with E-state index in [-0.39, 0.29) is 18.0 Å². The number of piperidine rings is 1. The molecule has 0 bridgehead atoms. The Balaban J connectivity index is 1.50. The van der Waals surface area contributed by atoms with Gasteiger partial charge in [-0.3, -0.25) is 9.78 Å². The zero-order valence-corrected chi connectivity index (χ0v) is 15.8. The molecule has 148 valence electrons. The molecule has 2 amide bonds. The van der Waals surface area contributed by atoms with Gasteiger partial charge in [-0.2, -0.15) is 0 Å². The number of rotatable bonds is 6. The fraction of sp³-hybridized carbons (Fsp3) is 0.421. The molecule has 1 aliphatic rings. The van der Waals surface area contributed by atoms with E-state index in [9.17, 15) is 9.59 Å². The highest BCUT2D eigenvalue weighted by molar-refractivity contribution is 5.93. The summed E-state index contributed by atoms with van der Waals surface area (Å²) in [5.74, 6) is 0.306. The Morgan fingerprint density at radius 2 is 2.04 bits per heavy atom. The van der Waals surface area contributed by atoms with Gasteiger partial charge in [-0.1, -0.05) is 6.07 Å². The standard InChI is InChI=1S/C19H24N6O3/c1-2-28-19(27)25-9-6-14(7-10-25)24-18(26)16-11-17(23-13-22-16)21-12-15-5-3-4-8-20-15/h3-5,8,11,13-14H,2,6-7,9-10,12H2,1H3,(H,24,26)(H,21,22,23). The van der Waals surface area contributed by atoms with Crippen LogP contribution in [0.4, 0.5) is 10.6 Å². The van der Waals surface area contributed by atoms with Crippen LogP contribution in [0.1, 0.15) is 35.9 Å². The maximum Gasteiger partial charge on any atom is 0.409 e. The largest absolute Gasteiger partial charge is 0.450 e. The monoisotopic (exact) mass is 384 g/mol. The maximum atomic E-state index is 12.5. The van der Waals surface area contributed by atoms with Gasteiger partial charge in [0.2, 0.25) is 0 Å². The summed E-state index contributed by atoms with van der Waals surface area (Å²) in [7, 11) is 0. The minimum Gasteiger partial charge on any atom is -0.450 e. The third-order valence-corrected chi connectivity index (χ3v) is 4.43. The van der Waals surface area contributed by atoms with Gasteiger partial charge in [0.15, 0.2) is 0 Å². The Morgan fingerprint density at radius 3 is 2.75 bits per heavy atom. The van der Waals surface area contributed by atoms with Crippen molar-refractivity contribution in [2.75, 3.05) is 25.0 Å². The number of likely N-dealkylation sites (tertiary alicyclic amines) is 1. The first-order valence-corrected chi connectivity index (χ1v) is 9.34. The van der Waals surface area contributed by atoms with E-state index in [4.69, 9.17) is 4.74 Å². The second kappa shape index (κ2) is 9.63. The van der Waals surface area contributed by atoms with Gasteiger partial charge in [-0.05, 0) is 31.9 Å². The van der Waals surface area contributed by atoms with E-state index in [0.29, 0.717) is 50.6 Å². The molecule has 1 saturated heterocycles. The number of nitrogens with one attached hydrogen (secondary N) is 2. The molecule has 2 aromatic rings. The summed E-state index contributed by atoms with van der Waals surface area (Å²) < 4.78 is 5.01. The minimum atomic E-state index is -0.299. The van der Waals surface area contributed by atoms with Crippen molar-refractivity contribution in [1.29, 1.82) is 0 Å². The number of nitrogens with zero attached hydrogens (tertiary/aromatic N) is 4. The van der Waals surface area contributed by atoms with Gasteiger partial charge >= 0.3 is 6.09 Å². The highest BCUT2D eigenvalue weighted by Crippen LogP contribution is 2.13. The number of hydrogen-bond acceptors (Lipinski definition) is 7. The van der Waals surface area contributed by atoms with E-state index in [1.165, 1.54) is 6.33 Å². The van der Waals surface area contributed by atoms with E-state index in [1.54, 1.807) is 24.1 Å². The molecule has 3 heterocycles. The molecule has 0 atom stereocenters. The van der Waals surface area contributed by atoms with Crippen LogP contribution in [0.15, 0.2) is 36.8 Å². The fourth-order valence-corrected chi connectivity index (χ4v) is 2.94. The van der Waals surface area contributed by atoms with Crippen molar-refractivity contribution in [3.8, 4) is 0 Å². The third-order valence-electron chi connectivity index (χ3n) is 4.43. The number of pyridine rings is 1. The van der Waals surface area contributed by atoms with E-state index in [1.807, 2.05) is 18.2 Å². The normalized spacial score (nSPS) is 14.4. The lowest BCUT2D eigenvalue weighted by atomic mass is 10.1. The first kappa shape index (κ1) is 19.5. The first-order chi connectivity index (χ1) is 13.7. The molecule has 1 aliphatic heterocycles. The molecule has 9 heteroatoms. The summed E-state index contributed by atoms with van der Waals surface area (Å²) in [5.41, 5.74) is 1.17. The molecule has 2 aromatic heterocycles. The molecule has 0 unspecified atom stereocenters. The van der Waals surface area contributed by atoms with E-state index in [2.05, 4.69) is 25.6 Å². The Hall–Kier alpha value is -3.23. The second-order valence-electron chi connectivity index (χ2n) is 6.40. The van der Waals surface area contributed by atoms with Crippen LogP contribution in [-0.4, -0.2) is 57.6 Å². The van der Waals surface area contributed by atoms with Gasteiger partial charge in [-0.25, -0.2) is 14.8 Å². The molecule has 1 fully saturated rings. The van der Waals surface area contributed by atoms with Crippen molar-refractivity contribution < 1.29 is 14.3 Å². The lowest BCUT2D eigenvalue weighted by Crippen LogP contribution is -2.46. The van der Waals surface area contributed by atoms with Crippen molar-refractivity contribution in [1.82, 2.24) is 25.2 Å². The van der Waals surface area contributed by atoms with Gasteiger partial charge in [0.1, 0.15) is 17.8 Å². The third kappa shape index (κ3) is 5.38. The molecule has 0 aliphatic carbocycles. The minimum absolute atomic E-state index is 0.00179. The molecule has 2 N–H and O–H groups in total. The van der Waals surface area contributed by atoms with Crippen molar-refractivity contribution in [2.45, 2.75) is 32.4 Å². The molecule has 0 spiro atoms. The SMILES string of the molecule is CCOC(=O)N1CCC(NC(=O)c2cc(NCc3ccccn3)ncn2)CC1. The summed E-state index contributed by atoms with van der Waals surface area (Å²) >= 11 is 0. The lowest BCUT2D eigenvalue weighted by molar-refractivity contribution is 0.0856. The van der Waals surface area contributed by atoms with Crippen LogP contribution >= 0.6 is 0 Å². The Labute approximate surface area is 163 Å². The Kier molecular flexibility index (Phi) is 6.72. The highest BCUT2D eigenvalue weighted by Gasteiger charge is 2.25. The maximum absolute atomic E-state index is 12.5. The Bertz CT molecular complexity index is 793. The summed E-state index contributed by atoms with van der Waals surface area (Å²) in [6, 6.07) is 7.29. The number of carbonyl (C=O) groups is 2. The van der Waals surface area contributed by atoms with Gasteiger partial charge < -0.3 is 20.3 Å². The Morgan fingerprint density at radius 1 is 1.21 bits per heavy atom. The predicted octanol–water partition coefficient (Wildman–Crippen LogP) is 1.83. The number of amides is 2. The molecular weight excluding hydrogens is 360 g/mol. The van der Waals surface area contributed by atoms with Crippen LogP contribution < -0.4 is 10.6 Å². The van der Waals surface area contributed by atoms with Gasteiger partial charge in [-0.15, -0.1) is 0 Å². The molecule has 3 rings (SSSR count). The quantitative estimate of drug-likeness (QED) is 0.782. The topological polar surface area (TPSA) is 109 Å².